The average Bonchev–Trinajstić information content (AvgIpc) is 2.65. The van der Waals surface area contributed by atoms with Gasteiger partial charge in [-0.3, -0.25) is 4.79 Å². The van der Waals surface area contributed by atoms with Crippen molar-refractivity contribution >= 4 is 49.0 Å². The number of carbonyl (C=O) groups excluding carboxylic acids is 1. The van der Waals surface area contributed by atoms with Gasteiger partial charge in [-0.1, -0.05) is 12.1 Å². The molecule has 0 aliphatic rings. The summed E-state index contributed by atoms with van der Waals surface area (Å²) in [6.07, 6.45) is -4.78. The fourth-order valence-corrected chi connectivity index (χ4v) is 4.28. The molecule has 2 nitrogen and oxygen atoms in total. The van der Waals surface area contributed by atoms with Crippen molar-refractivity contribution < 1.29 is 22.7 Å². The number of thiophene rings is 1. The molecule has 106 valence electrons. The van der Waals surface area contributed by atoms with E-state index in [0.29, 0.717) is 9.35 Å². The van der Waals surface area contributed by atoms with Crippen LogP contribution in [0.2, 0.25) is 0 Å². The third-order valence-electron chi connectivity index (χ3n) is 2.23. The van der Waals surface area contributed by atoms with Gasteiger partial charge in [0.1, 0.15) is 5.75 Å². The van der Waals surface area contributed by atoms with E-state index in [1.54, 1.807) is 6.07 Å². The Bertz CT molecular complexity index is 652. The summed E-state index contributed by atoms with van der Waals surface area (Å²) in [6.45, 7) is 0. The number of ketones is 1. The molecule has 0 spiro atoms. The van der Waals surface area contributed by atoms with E-state index >= 15 is 0 Å². The van der Waals surface area contributed by atoms with Crippen LogP contribution in [0.4, 0.5) is 13.2 Å². The van der Waals surface area contributed by atoms with Gasteiger partial charge in [0.05, 0.1) is 7.57 Å². The highest BCUT2D eigenvalue weighted by molar-refractivity contribution is 9.12. The number of hydrogen-bond donors (Lipinski definition) is 0. The summed E-state index contributed by atoms with van der Waals surface area (Å²) < 4.78 is 41.6. The molecule has 1 aromatic heterocycles. The zero-order valence-corrected chi connectivity index (χ0v) is 13.5. The van der Waals surface area contributed by atoms with Crippen LogP contribution in [0, 0.1) is 0 Å². The summed E-state index contributed by atoms with van der Waals surface area (Å²) in [5.74, 6) is -0.805. The average molecular weight is 430 g/mol. The van der Waals surface area contributed by atoms with Crippen molar-refractivity contribution in [1.29, 1.82) is 0 Å². The van der Waals surface area contributed by atoms with Gasteiger partial charge >= 0.3 is 6.36 Å². The first-order valence-corrected chi connectivity index (χ1v) is 7.52. The Morgan fingerprint density at radius 2 is 1.90 bits per heavy atom. The molecule has 0 radical (unpaired) electrons. The van der Waals surface area contributed by atoms with Crippen molar-refractivity contribution in [2.75, 3.05) is 0 Å². The van der Waals surface area contributed by atoms with Crippen LogP contribution < -0.4 is 4.74 Å². The SMILES string of the molecule is O=C(c1cccc(OC(F)(F)F)c1)c1cc(Br)sc1Br. The lowest BCUT2D eigenvalue weighted by atomic mass is 10.1. The molecule has 2 aromatic rings. The van der Waals surface area contributed by atoms with Crippen LogP contribution in [0.15, 0.2) is 37.9 Å². The molecule has 0 amide bonds. The van der Waals surface area contributed by atoms with Crippen LogP contribution in [0.5, 0.6) is 5.75 Å². The minimum atomic E-state index is -4.78. The fraction of sp³-hybridized carbons (Fsp3) is 0.0833. The van der Waals surface area contributed by atoms with Gasteiger partial charge < -0.3 is 4.74 Å². The van der Waals surface area contributed by atoms with Gasteiger partial charge in [-0.2, -0.15) is 0 Å². The molecule has 0 N–H and O–H groups in total. The molecule has 0 aliphatic heterocycles. The summed E-state index contributed by atoms with van der Waals surface area (Å²) in [5.41, 5.74) is 0.504. The maximum Gasteiger partial charge on any atom is 0.573 e. The van der Waals surface area contributed by atoms with Gasteiger partial charge in [-0.15, -0.1) is 24.5 Å². The second-order valence-corrected chi connectivity index (χ2v) is 7.39. The zero-order chi connectivity index (χ0) is 14.9. The van der Waals surface area contributed by atoms with Gasteiger partial charge in [0.2, 0.25) is 0 Å². The monoisotopic (exact) mass is 428 g/mol. The summed E-state index contributed by atoms with van der Waals surface area (Å²) in [5, 5.41) is 0. The Kier molecular flexibility index (Phi) is 4.55. The van der Waals surface area contributed by atoms with Crippen molar-refractivity contribution in [3.63, 3.8) is 0 Å². The standard InChI is InChI=1S/C12H5Br2F3O2S/c13-9-5-8(11(14)20-9)10(18)6-2-1-3-7(4-6)19-12(15,16)17/h1-5H. The quantitative estimate of drug-likeness (QED) is 0.610. The van der Waals surface area contributed by atoms with E-state index in [-0.39, 0.29) is 11.3 Å². The smallest absolute Gasteiger partial charge is 0.406 e. The molecular weight excluding hydrogens is 425 g/mol. The van der Waals surface area contributed by atoms with Crippen LogP contribution >= 0.6 is 43.2 Å². The van der Waals surface area contributed by atoms with Gasteiger partial charge in [0.25, 0.3) is 0 Å². The maximum absolute atomic E-state index is 12.2. The Hall–Kier alpha value is -0.860. The number of halogens is 5. The van der Waals surface area contributed by atoms with Crippen molar-refractivity contribution in [1.82, 2.24) is 0 Å². The van der Waals surface area contributed by atoms with Crippen LogP contribution in [0.25, 0.3) is 0 Å². The van der Waals surface area contributed by atoms with E-state index in [9.17, 15) is 18.0 Å². The third kappa shape index (κ3) is 3.83. The lowest BCUT2D eigenvalue weighted by Gasteiger charge is -2.09. The highest BCUT2D eigenvalue weighted by Crippen LogP contribution is 2.34. The minimum Gasteiger partial charge on any atom is -0.406 e. The summed E-state index contributed by atoms with van der Waals surface area (Å²) in [7, 11) is 0. The lowest BCUT2D eigenvalue weighted by molar-refractivity contribution is -0.274. The van der Waals surface area contributed by atoms with E-state index < -0.39 is 12.1 Å². The van der Waals surface area contributed by atoms with Crippen molar-refractivity contribution in [3.8, 4) is 5.75 Å². The summed E-state index contributed by atoms with van der Waals surface area (Å²) >= 11 is 7.79. The van der Waals surface area contributed by atoms with Crippen molar-refractivity contribution in [2.24, 2.45) is 0 Å². The van der Waals surface area contributed by atoms with Gasteiger partial charge in [0, 0.05) is 11.1 Å². The molecule has 0 fully saturated rings. The molecule has 0 unspecified atom stereocenters. The van der Waals surface area contributed by atoms with Crippen molar-refractivity contribution in [2.45, 2.75) is 6.36 Å². The van der Waals surface area contributed by atoms with Crippen LogP contribution in [-0.2, 0) is 0 Å². The predicted octanol–water partition coefficient (Wildman–Crippen LogP) is 5.40. The number of carbonyl (C=O) groups is 1. The van der Waals surface area contributed by atoms with Crippen LogP contribution in [0.1, 0.15) is 15.9 Å². The second-order valence-electron chi connectivity index (χ2n) is 3.64. The van der Waals surface area contributed by atoms with Crippen LogP contribution in [0.3, 0.4) is 0 Å². The fourth-order valence-electron chi connectivity index (χ4n) is 1.49. The normalized spacial score (nSPS) is 11.4. The highest BCUT2D eigenvalue weighted by atomic mass is 79.9. The second kappa shape index (κ2) is 5.87. The Labute approximate surface area is 132 Å². The van der Waals surface area contributed by atoms with E-state index in [4.69, 9.17) is 0 Å². The summed E-state index contributed by atoms with van der Waals surface area (Å²) in [4.78, 5) is 12.2. The number of hydrogen-bond acceptors (Lipinski definition) is 3. The van der Waals surface area contributed by atoms with E-state index in [1.165, 1.54) is 23.5 Å². The molecule has 20 heavy (non-hydrogen) atoms. The first-order valence-electron chi connectivity index (χ1n) is 5.11. The largest absolute Gasteiger partial charge is 0.573 e. The third-order valence-corrected chi connectivity index (χ3v) is 4.57. The summed E-state index contributed by atoms with van der Waals surface area (Å²) in [6, 6.07) is 6.58. The Morgan fingerprint density at radius 1 is 1.20 bits per heavy atom. The lowest BCUT2D eigenvalue weighted by Crippen LogP contribution is -2.17. The minimum absolute atomic E-state index is 0.123. The van der Waals surface area contributed by atoms with E-state index in [1.807, 2.05) is 0 Å². The molecular formula is C12H5Br2F3O2S. The van der Waals surface area contributed by atoms with E-state index in [0.717, 1.165) is 15.9 Å². The van der Waals surface area contributed by atoms with Crippen molar-refractivity contribution in [3.05, 3.63) is 49.0 Å². The molecule has 2 rings (SSSR count). The molecule has 0 saturated heterocycles. The topological polar surface area (TPSA) is 26.3 Å². The Morgan fingerprint density at radius 3 is 2.45 bits per heavy atom. The van der Waals surface area contributed by atoms with Gasteiger partial charge in [0.15, 0.2) is 5.78 Å². The van der Waals surface area contributed by atoms with E-state index in [2.05, 4.69) is 36.6 Å². The van der Waals surface area contributed by atoms with Gasteiger partial charge in [-0.25, -0.2) is 0 Å². The number of alkyl halides is 3. The predicted molar refractivity (Wildman–Crippen MR) is 76.3 cm³/mol. The van der Waals surface area contributed by atoms with Gasteiger partial charge in [-0.05, 0) is 50.1 Å². The molecule has 0 aliphatic carbocycles. The Balaban J connectivity index is 2.31. The molecule has 8 heteroatoms. The number of rotatable bonds is 3. The number of ether oxygens (including phenoxy) is 1. The highest BCUT2D eigenvalue weighted by Gasteiger charge is 2.31. The molecule has 1 heterocycles. The molecule has 0 saturated carbocycles. The zero-order valence-electron chi connectivity index (χ0n) is 9.50. The first kappa shape index (κ1) is 15.5. The molecule has 0 atom stereocenters. The van der Waals surface area contributed by atoms with Crippen LogP contribution in [-0.4, -0.2) is 12.1 Å². The maximum atomic E-state index is 12.2. The first-order chi connectivity index (χ1) is 9.26. The number of benzene rings is 1. The molecule has 1 aromatic carbocycles. The molecule has 0 bridgehead atoms.